The number of nitrogens with one attached hydrogen (secondary N) is 1. The Morgan fingerprint density at radius 3 is 2.83 bits per heavy atom. The molecule has 124 valence electrons. The largest absolute Gasteiger partial charge is 0.289 e. The molecule has 0 saturated heterocycles. The highest BCUT2D eigenvalue weighted by molar-refractivity contribution is 9.10. The number of sulfonamides is 1. The van der Waals surface area contributed by atoms with E-state index in [0.717, 1.165) is 0 Å². The minimum Gasteiger partial charge on any atom is -0.289 e. The molecular formula is C14H10BrClN4O3S. The Hall–Kier alpha value is -1.97. The van der Waals surface area contributed by atoms with E-state index in [4.69, 9.17) is 11.6 Å². The van der Waals surface area contributed by atoms with Crippen LogP contribution >= 0.6 is 27.5 Å². The Morgan fingerprint density at radius 1 is 1.33 bits per heavy atom. The lowest BCUT2D eigenvalue weighted by Gasteiger charge is -2.08. The summed E-state index contributed by atoms with van der Waals surface area (Å²) in [6.45, 7) is 1.73. The fourth-order valence-corrected chi connectivity index (χ4v) is 3.88. The molecule has 0 aliphatic heterocycles. The molecular weight excluding hydrogens is 420 g/mol. The third-order valence-electron chi connectivity index (χ3n) is 3.11. The molecule has 1 N–H and O–H groups in total. The van der Waals surface area contributed by atoms with Gasteiger partial charge >= 0.3 is 0 Å². The number of fused-ring (bicyclic) bond motifs is 1. The van der Waals surface area contributed by atoms with E-state index in [9.17, 15) is 13.2 Å². The van der Waals surface area contributed by atoms with Gasteiger partial charge in [-0.15, -0.1) is 0 Å². The van der Waals surface area contributed by atoms with E-state index in [1.165, 1.54) is 28.9 Å². The van der Waals surface area contributed by atoms with E-state index in [-0.39, 0.29) is 21.4 Å². The lowest BCUT2D eigenvalue weighted by Crippen LogP contribution is -2.31. The SMILES string of the molecule is Cc1ccc(Cl)c(S(=O)(=O)NC(=O)c2cn3cc(Br)cnc3n2)c1. The molecule has 10 heteroatoms. The van der Waals surface area contributed by atoms with Gasteiger partial charge in [0.1, 0.15) is 10.6 Å². The van der Waals surface area contributed by atoms with Crippen LogP contribution in [0.2, 0.25) is 5.02 Å². The monoisotopic (exact) mass is 428 g/mol. The van der Waals surface area contributed by atoms with E-state index in [0.29, 0.717) is 10.0 Å². The maximum absolute atomic E-state index is 12.4. The second-order valence-corrected chi connectivity index (χ2v) is 7.95. The van der Waals surface area contributed by atoms with E-state index in [1.54, 1.807) is 19.2 Å². The molecule has 0 atom stereocenters. The summed E-state index contributed by atoms with van der Waals surface area (Å²) < 4.78 is 28.9. The van der Waals surface area contributed by atoms with Gasteiger partial charge in [0.15, 0.2) is 0 Å². The van der Waals surface area contributed by atoms with Crippen LogP contribution < -0.4 is 4.72 Å². The molecule has 0 bridgehead atoms. The van der Waals surface area contributed by atoms with Crippen molar-refractivity contribution in [1.29, 1.82) is 0 Å². The summed E-state index contributed by atoms with van der Waals surface area (Å²) in [5, 5.41) is 0.0292. The summed E-state index contributed by atoms with van der Waals surface area (Å²) in [4.78, 5) is 20.1. The first-order chi connectivity index (χ1) is 11.3. The van der Waals surface area contributed by atoms with Crippen LogP contribution in [0.5, 0.6) is 0 Å². The number of benzene rings is 1. The second-order valence-electron chi connectivity index (χ2n) is 4.97. The number of hydrogen-bond donors (Lipinski definition) is 1. The summed E-state index contributed by atoms with van der Waals surface area (Å²) >= 11 is 9.18. The molecule has 2 heterocycles. The Morgan fingerprint density at radius 2 is 2.08 bits per heavy atom. The third kappa shape index (κ3) is 3.28. The number of nitrogens with zero attached hydrogens (tertiary/aromatic N) is 3. The van der Waals surface area contributed by atoms with E-state index in [2.05, 4.69) is 25.9 Å². The molecule has 0 aliphatic carbocycles. The van der Waals surface area contributed by atoms with Crippen LogP contribution in [-0.4, -0.2) is 28.7 Å². The third-order valence-corrected chi connectivity index (χ3v) is 5.34. The lowest BCUT2D eigenvalue weighted by molar-refractivity contribution is 0.0977. The Kier molecular flexibility index (Phi) is 4.33. The van der Waals surface area contributed by atoms with Crippen molar-refractivity contribution in [3.8, 4) is 0 Å². The van der Waals surface area contributed by atoms with Crippen molar-refractivity contribution in [2.45, 2.75) is 11.8 Å². The van der Waals surface area contributed by atoms with Crippen LogP contribution in [0.15, 0.2) is 46.2 Å². The summed E-state index contributed by atoms with van der Waals surface area (Å²) in [5.74, 6) is -0.594. The topological polar surface area (TPSA) is 93.4 Å². The van der Waals surface area contributed by atoms with Crippen LogP contribution in [-0.2, 0) is 10.0 Å². The number of aromatic nitrogens is 3. The number of aryl methyl sites for hydroxylation is 1. The van der Waals surface area contributed by atoms with Gasteiger partial charge in [-0.25, -0.2) is 23.1 Å². The maximum atomic E-state index is 12.4. The molecule has 0 radical (unpaired) electrons. The second kappa shape index (κ2) is 6.15. The highest BCUT2D eigenvalue weighted by atomic mass is 79.9. The van der Waals surface area contributed by atoms with Gasteiger partial charge in [0.05, 0.1) is 9.50 Å². The molecule has 0 saturated carbocycles. The predicted molar refractivity (Wildman–Crippen MR) is 91.5 cm³/mol. The first-order valence-electron chi connectivity index (χ1n) is 6.60. The maximum Gasteiger partial charge on any atom is 0.285 e. The zero-order valence-electron chi connectivity index (χ0n) is 12.2. The Balaban J connectivity index is 1.93. The van der Waals surface area contributed by atoms with Crippen LogP contribution in [0.4, 0.5) is 0 Å². The Labute approximate surface area is 150 Å². The van der Waals surface area contributed by atoms with Crippen LogP contribution in [0.1, 0.15) is 16.1 Å². The summed E-state index contributed by atoms with van der Waals surface area (Å²) in [6, 6.07) is 4.53. The summed E-state index contributed by atoms with van der Waals surface area (Å²) in [5.41, 5.74) is 0.627. The van der Waals surface area contributed by atoms with Crippen molar-refractivity contribution in [2.24, 2.45) is 0 Å². The predicted octanol–water partition coefficient (Wildman–Crippen LogP) is 2.57. The minimum absolute atomic E-state index is 0.0292. The fourth-order valence-electron chi connectivity index (χ4n) is 2.02. The molecule has 24 heavy (non-hydrogen) atoms. The van der Waals surface area contributed by atoms with Crippen molar-refractivity contribution >= 4 is 49.2 Å². The van der Waals surface area contributed by atoms with Crippen molar-refractivity contribution in [2.75, 3.05) is 0 Å². The lowest BCUT2D eigenvalue weighted by atomic mass is 10.2. The summed E-state index contributed by atoms with van der Waals surface area (Å²) in [7, 11) is -4.12. The van der Waals surface area contributed by atoms with Crippen molar-refractivity contribution in [3.63, 3.8) is 0 Å². The van der Waals surface area contributed by atoms with Crippen LogP contribution in [0.3, 0.4) is 0 Å². The van der Waals surface area contributed by atoms with Crippen LogP contribution in [0.25, 0.3) is 5.78 Å². The number of hydrogen-bond acceptors (Lipinski definition) is 5. The number of carbonyl (C=O) groups is 1. The number of rotatable bonds is 3. The van der Waals surface area contributed by atoms with Crippen molar-refractivity contribution in [1.82, 2.24) is 19.1 Å². The first-order valence-corrected chi connectivity index (χ1v) is 9.25. The number of amides is 1. The fraction of sp³-hybridized carbons (Fsp3) is 0.0714. The van der Waals surface area contributed by atoms with E-state index < -0.39 is 15.9 Å². The Bertz CT molecular complexity index is 1070. The first kappa shape index (κ1) is 16.9. The average molecular weight is 430 g/mol. The molecule has 3 aromatic rings. The van der Waals surface area contributed by atoms with Gasteiger partial charge in [-0.2, -0.15) is 0 Å². The van der Waals surface area contributed by atoms with Crippen molar-refractivity contribution in [3.05, 3.63) is 57.5 Å². The van der Waals surface area contributed by atoms with Gasteiger partial charge in [-0.05, 0) is 40.5 Å². The smallest absolute Gasteiger partial charge is 0.285 e. The molecule has 0 aliphatic rings. The van der Waals surface area contributed by atoms with Gasteiger partial charge < -0.3 is 0 Å². The molecule has 7 nitrogen and oxygen atoms in total. The number of halogens is 2. The van der Waals surface area contributed by atoms with E-state index >= 15 is 0 Å². The molecule has 0 spiro atoms. The molecule has 0 unspecified atom stereocenters. The highest BCUT2D eigenvalue weighted by Crippen LogP contribution is 2.22. The van der Waals surface area contributed by atoms with Crippen LogP contribution in [0, 0.1) is 6.92 Å². The quantitative estimate of drug-likeness (QED) is 0.691. The molecule has 2 aromatic heterocycles. The molecule has 3 rings (SSSR count). The highest BCUT2D eigenvalue weighted by Gasteiger charge is 2.23. The average Bonchev–Trinajstić information content (AvgIpc) is 2.92. The van der Waals surface area contributed by atoms with Crippen molar-refractivity contribution < 1.29 is 13.2 Å². The zero-order valence-corrected chi connectivity index (χ0v) is 15.4. The molecule has 1 aromatic carbocycles. The molecule has 0 fully saturated rings. The standard InChI is InChI=1S/C14H10BrClN4O3S/c1-8-2-3-10(16)12(4-8)24(22,23)19-13(21)11-7-20-6-9(15)5-17-14(20)18-11/h2-7H,1H3,(H,19,21). The van der Waals surface area contributed by atoms with Gasteiger partial charge in [0.2, 0.25) is 5.78 Å². The number of carbonyl (C=O) groups excluding carboxylic acids is 1. The summed E-state index contributed by atoms with van der Waals surface area (Å²) in [6.07, 6.45) is 4.56. The van der Waals surface area contributed by atoms with Gasteiger partial charge in [0, 0.05) is 18.6 Å². The minimum atomic E-state index is -4.12. The molecule has 1 amide bonds. The van der Waals surface area contributed by atoms with E-state index in [1.807, 2.05) is 4.72 Å². The normalized spacial score (nSPS) is 11.6. The van der Waals surface area contributed by atoms with Gasteiger partial charge in [-0.1, -0.05) is 17.7 Å². The zero-order chi connectivity index (χ0) is 17.5. The van der Waals surface area contributed by atoms with Gasteiger partial charge in [-0.3, -0.25) is 9.20 Å². The number of imidazole rings is 1. The van der Waals surface area contributed by atoms with Gasteiger partial charge in [0.25, 0.3) is 15.9 Å².